The van der Waals surface area contributed by atoms with Gasteiger partial charge in [0.2, 0.25) is 0 Å². The van der Waals surface area contributed by atoms with Gasteiger partial charge in [0.25, 0.3) is 0 Å². The molecule has 0 aliphatic carbocycles. The molecule has 1 aromatic carbocycles. The van der Waals surface area contributed by atoms with E-state index in [-0.39, 0.29) is 0 Å². The Morgan fingerprint density at radius 1 is 1.50 bits per heavy atom. The molecule has 0 bridgehead atoms. The summed E-state index contributed by atoms with van der Waals surface area (Å²) in [5.41, 5.74) is 7.58. The molecule has 5 heteroatoms. The molecule has 0 aliphatic rings. The van der Waals surface area contributed by atoms with E-state index in [1.54, 1.807) is 7.11 Å². The van der Waals surface area contributed by atoms with Gasteiger partial charge in [-0.15, -0.1) is 0 Å². The number of methoxy groups -OCH3 is 1. The first-order chi connectivity index (χ1) is 9.56. The number of carboxylic acid groups (broad SMARTS) is 1. The molecule has 1 aromatic heterocycles. The Balaban J connectivity index is 2.40. The van der Waals surface area contributed by atoms with E-state index in [9.17, 15) is 9.90 Å². The van der Waals surface area contributed by atoms with Crippen molar-refractivity contribution in [3.63, 3.8) is 0 Å². The van der Waals surface area contributed by atoms with Crippen LogP contribution in [0.4, 0.5) is 0 Å². The predicted octanol–water partition coefficient (Wildman–Crippen LogP) is 1.78. The van der Waals surface area contributed by atoms with Crippen molar-refractivity contribution < 1.29 is 14.6 Å². The number of nitrogens with zero attached hydrogens (tertiary/aromatic N) is 1. The first kappa shape index (κ1) is 14.4. The lowest BCUT2D eigenvalue weighted by atomic mass is 9.96. The maximum atomic E-state index is 11.3. The molecule has 1 heterocycles. The molecule has 5 nitrogen and oxygen atoms in total. The number of aryl methyl sites for hydroxylation is 1. The molecule has 0 fully saturated rings. The molecule has 0 spiro atoms. The standard InChI is InChI=1S/C15H20N2O3/c1-17-9-11(7-10(5-6-16)15(18)19)13-8-12(20-2)3-4-14(13)17/h3-4,8-10H,5-7,16H2,1-2H3,(H,18,19). The van der Waals surface area contributed by atoms with E-state index in [4.69, 9.17) is 10.5 Å². The number of hydrogen-bond acceptors (Lipinski definition) is 3. The summed E-state index contributed by atoms with van der Waals surface area (Å²) < 4.78 is 7.25. The molecule has 0 saturated heterocycles. The largest absolute Gasteiger partial charge is 0.497 e. The molecule has 0 saturated carbocycles. The number of aromatic nitrogens is 1. The lowest BCUT2D eigenvalue weighted by Crippen LogP contribution is -2.20. The fraction of sp³-hybridized carbons (Fsp3) is 0.400. The summed E-state index contributed by atoms with van der Waals surface area (Å²) in [4.78, 5) is 11.3. The first-order valence-corrected chi connectivity index (χ1v) is 6.61. The zero-order valence-electron chi connectivity index (χ0n) is 11.8. The number of rotatable bonds is 6. The number of carbonyl (C=O) groups is 1. The van der Waals surface area contributed by atoms with Crippen LogP contribution in [-0.2, 0) is 18.3 Å². The Labute approximate surface area is 117 Å². The van der Waals surface area contributed by atoms with Gasteiger partial charge in [-0.05, 0) is 43.1 Å². The van der Waals surface area contributed by atoms with Crippen molar-refractivity contribution in [1.82, 2.24) is 4.57 Å². The average Bonchev–Trinajstić information content (AvgIpc) is 2.74. The summed E-state index contributed by atoms with van der Waals surface area (Å²) in [6.45, 7) is 0.380. The minimum Gasteiger partial charge on any atom is -0.497 e. The molecule has 0 radical (unpaired) electrons. The van der Waals surface area contributed by atoms with Crippen molar-refractivity contribution in [3.8, 4) is 5.75 Å². The van der Waals surface area contributed by atoms with Crippen molar-refractivity contribution in [3.05, 3.63) is 30.0 Å². The lowest BCUT2D eigenvalue weighted by molar-refractivity contribution is -0.141. The van der Waals surface area contributed by atoms with Crippen LogP contribution in [0, 0.1) is 5.92 Å². The highest BCUT2D eigenvalue weighted by Crippen LogP contribution is 2.27. The van der Waals surface area contributed by atoms with Crippen LogP contribution in [0.5, 0.6) is 5.75 Å². The number of aliphatic carboxylic acids is 1. The molecular weight excluding hydrogens is 256 g/mol. The van der Waals surface area contributed by atoms with Crippen molar-refractivity contribution in [1.29, 1.82) is 0 Å². The molecule has 0 amide bonds. The summed E-state index contributed by atoms with van der Waals surface area (Å²) in [5, 5.41) is 10.3. The van der Waals surface area contributed by atoms with E-state index >= 15 is 0 Å². The summed E-state index contributed by atoms with van der Waals surface area (Å²) in [6, 6.07) is 5.84. The molecular formula is C15H20N2O3. The van der Waals surface area contributed by atoms with Gasteiger partial charge in [0.1, 0.15) is 5.75 Å². The zero-order chi connectivity index (χ0) is 14.7. The fourth-order valence-corrected chi connectivity index (χ4v) is 2.52. The van der Waals surface area contributed by atoms with Crippen LogP contribution in [0.3, 0.4) is 0 Å². The van der Waals surface area contributed by atoms with Gasteiger partial charge in [-0.25, -0.2) is 0 Å². The Hall–Kier alpha value is -2.01. The van der Waals surface area contributed by atoms with E-state index in [1.807, 2.05) is 36.0 Å². The average molecular weight is 276 g/mol. The summed E-state index contributed by atoms with van der Waals surface area (Å²) in [6.07, 6.45) is 2.95. The quantitative estimate of drug-likeness (QED) is 0.843. The van der Waals surface area contributed by atoms with Crippen LogP contribution >= 0.6 is 0 Å². The summed E-state index contributed by atoms with van der Waals surface area (Å²) >= 11 is 0. The molecule has 1 atom stereocenters. The van der Waals surface area contributed by atoms with Crippen LogP contribution in [0.25, 0.3) is 10.9 Å². The Kier molecular flexibility index (Phi) is 4.29. The van der Waals surface area contributed by atoms with E-state index in [0.29, 0.717) is 19.4 Å². The number of nitrogens with two attached hydrogens (primary N) is 1. The number of hydrogen-bond donors (Lipinski definition) is 2. The predicted molar refractivity (Wildman–Crippen MR) is 78.0 cm³/mol. The Morgan fingerprint density at radius 2 is 2.25 bits per heavy atom. The van der Waals surface area contributed by atoms with Crippen LogP contribution in [-0.4, -0.2) is 29.3 Å². The SMILES string of the molecule is COc1ccc2c(c1)c(CC(CCN)C(=O)O)cn2C. The van der Waals surface area contributed by atoms with E-state index < -0.39 is 11.9 Å². The van der Waals surface area contributed by atoms with Crippen molar-refractivity contribution >= 4 is 16.9 Å². The van der Waals surface area contributed by atoms with Crippen molar-refractivity contribution in [2.75, 3.05) is 13.7 Å². The van der Waals surface area contributed by atoms with E-state index in [2.05, 4.69) is 0 Å². The maximum absolute atomic E-state index is 11.3. The molecule has 108 valence electrons. The van der Waals surface area contributed by atoms with Gasteiger partial charge in [-0.1, -0.05) is 0 Å². The van der Waals surface area contributed by atoms with Crippen LogP contribution in [0.1, 0.15) is 12.0 Å². The topological polar surface area (TPSA) is 77.5 Å². The van der Waals surface area contributed by atoms with Crippen LogP contribution in [0.2, 0.25) is 0 Å². The second-order valence-electron chi connectivity index (χ2n) is 4.96. The minimum absolute atomic E-state index is 0.380. The Bertz CT molecular complexity index is 619. The third-order valence-corrected chi connectivity index (χ3v) is 3.61. The first-order valence-electron chi connectivity index (χ1n) is 6.61. The third-order valence-electron chi connectivity index (χ3n) is 3.61. The second kappa shape index (κ2) is 5.96. The summed E-state index contributed by atoms with van der Waals surface area (Å²) in [5.74, 6) is -0.470. The van der Waals surface area contributed by atoms with Gasteiger partial charge in [0.05, 0.1) is 13.0 Å². The van der Waals surface area contributed by atoms with Gasteiger partial charge in [-0.2, -0.15) is 0 Å². The van der Waals surface area contributed by atoms with Gasteiger partial charge in [-0.3, -0.25) is 4.79 Å². The highest BCUT2D eigenvalue weighted by Gasteiger charge is 2.19. The third kappa shape index (κ3) is 2.77. The highest BCUT2D eigenvalue weighted by molar-refractivity contribution is 5.86. The van der Waals surface area contributed by atoms with Crippen molar-refractivity contribution in [2.45, 2.75) is 12.8 Å². The van der Waals surface area contributed by atoms with E-state index in [1.165, 1.54) is 0 Å². The lowest BCUT2D eigenvalue weighted by Gasteiger charge is -2.10. The number of ether oxygens (including phenoxy) is 1. The molecule has 3 N–H and O–H groups in total. The van der Waals surface area contributed by atoms with Gasteiger partial charge in [0.15, 0.2) is 0 Å². The molecule has 1 unspecified atom stereocenters. The number of benzene rings is 1. The minimum atomic E-state index is -0.796. The van der Waals surface area contributed by atoms with Gasteiger partial charge < -0.3 is 20.1 Å². The number of carboxylic acids is 1. The van der Waals surface area contributed by atoms with Crippen LogP contribution < -0.4 is 10.5 Å². The molecule has 0 aliphatic heterocycles. The number of fused-ring (bicyclic) bond motifs is 1. The second-order valence-corrected chi connectivity index (χ2v) is 4.96. The fourth-order valence-electron chi connectivity index (χ4n) is 2.52. The van der Waals surface area contributed by atoms with Crippen LogP contribution in [0.15, 0.2) is 24.4 Å². The zero-order valence-corrected chi connectivity index (χ0v) is 11.8. The van der Waals surface area contributed by atoms with E-state index in [0.717, 1.165) is 22.2 Å². The molecule has 20 heavy (non-hydrogen) atoms. The molecule has 2 rings (SSSR count). The highest BCUT2D eigenvalue weighted by atomic mass is 16.5. The smallest absolute Gasteiger partial charge is 0.306 e. The normalized spacial score (nSPS) is 12.6. The monoisotopic (exact) mass is 276 g/mol. The van der Waals surface area contributed by atoms with Crippen molar-refractivity contribution in [2.24, 2.45) is 18.7 Å². The Morgan fingerprint density at radius 3 is 2.85 bits per heavy atom. The van der Waals surface area contributed by atoms with Gasteiger partial charge >= 0.3 is 5.97 Å². The molecule has 2 aromatic rings. The summed E-state index contributed by atoms with van der Waals surface area (Å²) in [7, 11) is 3.58. The maximum Gasteiger partial charge on any atom is 0.306 e. The van der Waals surface area contributed by atoms with Gasteiger partial charge in [0, 0.05) is 24.1 Å².